The lowest BCUT2D eigenvalue weighted by Gasteiger charge is -2.11. The Labute approximate surface area is 138 Å². The van der Waals surface area contributed by atoms with Gasteiger partial charge in [-0.15, -0.1) is 0 Å². The van der Waals surface area contributed by atoms with Gasteiger partial charge in [-0.05, 0) is 31.5 Å². The highest BCUT2D eigenvalue weighted by Gasteiger charge is 2.20. The van der Waals surface area contributed by atoms with Gasteiger partial charge in [0.25, 0.3) is 0 Å². The zero-order valence-electron chi connectivity index (χ0n) is 12.9. The number of carbonyl (C=O) groups excluding carboxylic acids is 1. The van der Waals surface area contributed by atoms with E-state index in [2.05, 4.69) is 15.1 Å². The first kappa shape index (κ1) is 15.4. The second-order valence-electron chi connectivity index (χ2n) is 5.36. The quantitative estimate of drug-likeness (QED) is 0.544. The first-order chi connectivity index (χ1) is 11.0. The predicted molar refractivity (Wildman–Crippen MR) is 87.3 cm³/mol. The van der Waals surface area contributed by atoms with Crippen LogP contribution in [0.25, 0.3) is 22.2 Å². The normalized spacial score (nSPS) is 11.2. The molecule has 0 aliphatic heterocycles. The molecule has 23 heavy (non-hydrogen) atoms. The van der Waals surface area contributed by atoms with Gasteiger partial charge >= 0.3 is 5.97 Å². The largest absolute Gasteiger partial charge is 0.459 e. The number of rotatable bonds is 3. The summed E-state index contributed by atoms with van der Waals surface area (Å²) in [4.78, 5) is 20.5. The maximum atomic E-state index is 12.3. The lowest BCUT2D eigenvalue weighted by Crippen LogP contribution is -2.14. The summed E-state index contributed by atoms with van der Waals surface area (Å²) in [5, 5.41) is 5.20. The lowest BCUT2D eigenvalue weighted by atomic mass is 10.0. The number of aryl methyl sites for hydroxylation is 1. The van der Waals surface area contributed by atoms with Crippen molar-refractivity contribution in [3.8, 4) is 11.3 Å². The number of aromatic nitrogens is 4. The van der Waals surface area contributed by atoms with E-state index in [0.29, 0.717) is 5.69 Å². The van der Waals surface area contributed by atoms with Crippen LogP contribution in [-0.2, 0) is 11.8 Å². The number of hydrogen-bond acceptors (Lipinski definition) is 5. The zero-order valence-corrected chi connectivity index (χ0v) is 13.7. The van der Waals surface area contributed by atoms with Crippen LogP contribution in [0.1, 0.15) is 24.2 Å². The van der Waals surface area contributed by atoms with Gasteiger partial charge in [-0.2, -0.15) is 5.10 Å². The van der Waals surface area contributed by atoms with E-state index in [1.54, 1.807) is 24.7 Å². The number of carbonyl (C=O) groups is 1. The molecule has 0 unspecified atom stereocenters. The highest BCUT2D eigenvalue weighted by atomic mass is 35.5. The molecule has 0 amide bonds. The van der Waals surface area contributed by atoms with Crippen molar-refractivity contribution in [2.45, 2.75) is 20.0 Å². The Kier molecular flexibility index (Phi) is 4.00. The fourth-order valence-electron chi connectivity index (χ4n) is 2.38. The summed E-state index contributed by atoms with van der Waals surface area (Å²) in [6.07, 6.45) is 2.89. The molecule has 6 nitrogen and oxygen atoms in total. The van der Waals surface area contributed by atoms with E-state index in [1.165, 1.54) is 6.20 Å². The van der Waals surface area contributed by atoms with E-state index in [1.807, 2.05) is 25.2 Å². The fraction of sp³-hybridized carbons (Fsp3) is 0.250. The molecule has 0 saturated carbocycles. The number of hydrogen-bond donors (Lipinski definition) is 0. The molecule has 3 aromatic rings. The minimum absolute atomic E-state index is 0.0713. The Morgan fingerprint density at radius 1 is 1.30 bits per heavy atom. The van der Waals surface area contributed by atoms with Crippen LogP contribution in [0.2, 0.25) is 5.28 Å². The molecule has 0 aliphatic rings. The highest BCUT2D eigenvalue weighted by molar-refractivity contribution is 6.28. The van der Waals surface area contributed by atoms with Crippen molar-refractivity contribution in [1.82, 2.24) is 19.7 Å². The summed E-state index contributed by atoms with van der Waals surface area (Å²) >= 11 is 5.94. The van der Waals surface area contributed by atoms with Crippen molar-refractivity contribution in [3.63, 3.8) is 0 Å². The molecule has 0 atom stereocenters. The van der Waals surface area contributed by atoms with Crippen LogP contribution in [0.4, 0.5) is 0 Å². The molecule has 1 aromatic carbocycles. The summed E-state index contributed by atoms with van der Waals surface area (Å²) in [7, 11) is 1.85. The monoisotopic (exact) mass is 330 g/mol. The van der Waals surface area contributed by atoms with Crippen molar-refractivity contribution >= 4 is 28.5 Å². The number of fused-ring (bicyclic) bond motifs is 1. The van der Waals surface area contributed by atoms with Gasteiger partial charge in [0.2, 0.25) is 5.28 Å². The fourth-order valence-corrected chi connectivity index (χ4v) is 2.51. The van der Waals surface area contributed by atoms with Crippen LogP contribution in [0.5, 0.6) is 0 Å². The Bertz CT molecular complexity index is 889. The standard InChI is InChI=1S/C16H15ClN4O2/c1-9(2)23-15(22)12-7-18-16(17)20-14(12)10-5-4-6-13-11(10)8-19-21(13)3/h4-9H,1-3H3. The molecule has 7 heteroatoms. The van der Waals surface area contributed by atoms with Gasteiger partial charge in [0.15, 0.2) is 0 Å². The maximum absolute atomic E-state index is 12.3. The van der Waals surface area contributed by atoms with Crippen molar-refractivity contribution in [2.75, 3.05) is 0 Å². The Morgan fingerprint density at radius 2 is 2.09 bits per heavy atom. The predicted octanol–water partition coefficient (Wildman–Crippen LogP) is 3.25. The molecule has 3 rings (SSSR count). The highest BCUT2D eigenvalue weighted by Crippen LogP contribution is 2.30. The average Bonchev–Trinajstić information content (AvgIpc) is 2.88. The van der Waals surface area contributed by atoms with Gasteiger partial charge in [0, 0.05) is 24.2 Å². The van der Waals surface area contributed by atoms with Gasteiger partial charge in [-0.25, -0.2) is 14.8 Å². The number of ether oxygens (including phenoxy) is 1. The topological polar surface area (TPSA) is 69.9 Å². The van der Waals surface area contributed by atoms with Crippen LogP contribution in [0.15, 0.2) is 30.6 Å². The first-order valence-corrected chi connectivity index (χ1v) is 7.50. The number of benzene rings is 1. The molecule has 2 aromatic heterocycles. The number of esters is 1. The third-order valence-electron chi connectivity index (χ3n) is 3.37. The Hall–Kier alpha value is -2.47. The maximum Gasteiger partial charge on any atom is 0.342 e. The summed E-state index contributed by atoms with van der Waals surface area (Å²) < 4.78 is 7.03. The smallest absolute Gasteiger partial charge is 0.342 e. The van der Waals surface area contributed by atoms with Crippen LogP contribution in [0, 0.1) is 0 Å². The van der Waals surface area contributed by atoms with E-state index >= 15 is 0 Å². The van der Waals surface area contributed by atoms with Crippen LogP contribution in [0.3, 0.4) is 0 Å². The minimum atomic E-state index is -0.479. The zero-order chi connectivity index (χ0) is 16.6. The van der Waals surface area contributed by atoms with Crippen molar-refractivity contribution < 1.29 is 9.53 Å². The third kappa shape index (κ3) is 2.90. The summed E-state index contributed by atoms with van der Waals surface area (Å²) in [5.74, 6) is -0.479. The molecule has 0 saturated heterocycles. The SMILES string of the molecule is CC(C)OC(=O)c1cnc(Cl)nc1-c1cccc2c1cnn2C. The van der Waals surface area contributed by atoms with Crippen molar-refractivity contribution in [3.05, 3.63) is 41.4 Å². The molecule has 0 N–H and O–H groups in total. The molecular weight excluding hydrogens is 316 g/mol. The minimum Gasteiger partial charge on any atom is -0.459 e. The molecule has 2 heterocycles. The van der Waals surface area contributed by atoms with E-state index in [0.717, 1.165) is 16.5 Å². The third-order valence-corrected chi connectivity index (χ3v) is 3.55. The average molecular weight is 331 g/mol. The molecule has 0 spiro atoms. The molecule has 0 aliphatic carbocycles. The van der Waals surface area contributed by atoms with E-state index < -0.39 is 5.97 Å². The molecule has 0 radical (unpaired) electrons. The second kappa shape index (κ2) is 5.96. The van der Waals surface area contributed by atoms with Gasteiger partial charge in [0.1, 0.15) is 5.56 Å². The van der Waals surface area contributed by atoms with Crippen molar-refractivity contribution in [2.24, 2.45) is 7.05 Å². The molecule has 0 fully saturated rings. The second-order valence-corrected chi connectivity index (χ2v) is 5.70. The van der Waals surface area contributed by atoms with Gasteiger partial charge in [-0.3, -0.25) is 4.68 Å². The van der Waals surface area contributed by atoms with Gasteiger partial charge < -0.3 is 4.74 Å². The molecule has 118 valence electrons. The molecule has 0 bridgehead atoms. The van der Waals surface area contributed by atoms with Crippen molar-refractivity contribution in [1.29, 1.82) is 0 Å². The van der Waals surface area contributed by atoms with Gasteiger partial charge in [-0.1, -0.05) is 12.1 Å². The van der Waals surface area contributed by atoms with E-state index in [-0.39, 0.29) is 17.0 Å². The van der Waals surface area contributed by atoms with Crippen LogP contribution < -0.4 is 0 Å². The summed E-state index contributed by atoms with van der Waals surface area (Å²) in [5.41, 5.74) is 2.41. The summed E-state index contributed by atoms with van der Waals surface area (Å²) in [6.45, 7) is 3.58. The van der Waals surface area contributed by atoms with E-state index in [9.17, 15) is 4.79 Å². The lowest BCUT2D eigenvalue weighted by molar-refractivity contribution is 0.0378. The van der Waals surface area contributed by atoms with E-state index in [4.69, 9.17) is 16.3 Å². The number of halogens is 1. The van der Waals surface area contributed by atoms with Gasteiger partial charge in [0.05, 0.1) is 23.5 Å². The Morgan fingerprint density at radius 3 is 2.83 bits per heavy atom. The van der Waals surface area contributed by atoms with Crippen LogP contribution in [-0.4, -0.2) is 31.8 Å². The number of nitrogens with zero attached hydrogens (tertiary/aromatic N) is 4. The first-order valence-electron chi connectivity index (χ1n) is 7.12. The Balaban J connectivity index is 2.22. The summed E-state index contributed by atoms with van der Waals surface area (Å²) in [6, 6.07) is 5.70. The van der Waals surface area contributed by atoms with Crippen LogP contribution >= 0.6 is 11.6 Å². The molecular formula is C16H15ClN4O2.